The summed E-state index contributed by atoms with van der Waals surface area (Å²) in [5.41, 5.74) is -0.0763. The van der Waals surface area contributed by atoms with Crippen molar-refractivity contribution in [2.75, 3.05) is 13.1 Å². The Bertz CT molecular complexity index is 415. The average molecular weight is 267 g/mol. The van der Waals surface area contributed by atoms with Gasteiger partial charge in [0.1, 0.15) is 0 Å². The van der Waals surface area contributed by atoms with Crippen molar-refractivity contribution in [2.45, 2.75) is 65.2 Å². The molecule has 0 N–H and O–H groups in total. The van der Waals surface area contributed by atoms with Crippen molar-refractivity contribution < 1.29 is 9.26 Å². The number of nitrogens with zero attached hydrogens (tertiary/aromatic N) is 3. The van der Waals surface area contributed by atoms with Gasteiger partial charge in [0.25, 0.3) is 0 Å². The third-order valence-corrected chi connectivity index (χ3v) is 3.47. The lowest BCUT2D eigenvalue weighted by molar-refractivity contribution is -0.0818. The molecule has 108 valence electrons. The molecule has 5 heteroatoms. The van der Waals surface area contributed by atoms with E-state index in [4.69, 9.17) is 9.26 Å². The number of hydrogen-bond donors (Lipinski definition) is 0. The summed E-state index contributed by atoms with van der Waals surface area (Å²) in [6.07, 6.45) is 0.493. The summed E-state index contributed by atoms with van der Waals surface area (Å²) < 4.78 is 11.2. The summed E-state index contributed by atoms with van der Waals surface area (Å²) in [6, 6.07) is 0.136. The Balaban J connectivity index is 2.11. The highest BCUT2D eigenvalue weighted by molar-refractivity contribution is 5.02. The van der Waals surface area contributed by atoms with Crippen LogP contribution in [0.25, 0.3) is 0 Å². The smallest absolute Gasteiger partial charge is 0.243 e. The van der Waals surface area contributed by atoms with Crippen LogP contribution in [0, 0.1) is 0 Å². The van der Waals surface area contributed by atoms with Gasteiger partial charge in [-0.25, -0.2) is 0 Å². The molecule has 1 aliphatic rings. The predicted octanol–water partition coefficient (Wildman–Crippen LogP) is 2.54. The molecule has 1 fully saturated rings. The molecule has 1 aliphatic heterocycles. The molecule has 1 aromatic heterocycles. The Morgan fingerprint density at radius 1 is 1.21 bits per heavy atom. The van der Waals surface area contributed by atoms with Gasteiger partial charge in [0, 0.05) is 18.5 Å². The van der Waals surface area contributed by atoms with E-state index in [0.717, 1.165) is 18.9 Å². The Labute approximate surface area is 115 Å². The van der Waals surface area contributed by atoms with Crippen LogP contribution in [0.1, 0.15) is 59.3 Å². The molecule has 0 aromatic carbocycles. The summed E-state index contributed by atoms with van der Waals surface area (Å²) in [6.45, 7) is 14.4. The largest absolute Gasteiger partial charge is 0.373 e. The van der Waals surface area contributed by atoms with E-state index >= 15 is 0 Å². The fourth-order valence-electron chi connectivity index (χ4n) is 2.40. The van der Waals surface area contributed by atoms with E-state index in [1.807, 2.05) is 0 Å². The van der Waals surface area contributed by atoms with Crippen molar-refractivity contribution >= 4 is 0 Å². The van der Waals surface area contributed by atoms with Gasteiger partial charge in [0.05, 0.1) is 18.2 Å². The standard InChI is InChI=1S/C14H25N3O2/c1-9-7-17(8-10(2)18-9)11(3)12-15-13(16-19-12)14(4,5)6/h9-11H,7-8H2,1-6H3/t9-,10-,11+/m1/s1. The highest BCUT2D eigenvalue weighted by atomic mass is 16.5. The number of aromatic nitrogens is 2. The maximum atomic E-state index is 5.75. The van der Waals surface area contributed by atoms with Crippen LogP contribution in [0.2, 0.25) is 0 Å². The summed E-state index contributed by atoms with van der Waals surface area (Å²) in [7, 11) is 0. The van der Waals surface area contributed by atoms with Crippen LogP contribution in [-0.4, -0.2) is 40.3 Å². The van der Waals surface area contributed by atoms with E-state index < -0.39 is 0 Å². The van der Waals surface area contributed by atoms with Crippen LogP contribution in [0.5, 0.6) is 0 Å². The lowest BCUT2D eigenvalue weighted by Crippen LogP contribution is -2.46. The monoisotopic (exact) mass is 267 g/mol. The topological polar surface area (TPSA) is 51.4 Å². The summed E-state index contributed by atoms with van der Waals surface area (Å²) in [5.74, 6) is 1.47. The molecule has 19 heavy (non-hydrogen) atoms. The molecule has 5 nitrogen and oxygen atoms in total. The molecule has 0 spiro atoms. The van der Waals surface area contributed by atoms with Crippen molar-refractivity contribution in [2.24, 2.45) is 0 Å². The van der Waals surface area contributed by atoms with Gasteiger partial charge in [0.15, 0.2) is 5.82 Å². The van der Waals surface area contributed by atoms with Crippen molar-refractivity contribution in [1.82, 2.24) is 15.0 Å². The van der Waals surface area contributed by atoms with Gasteiger partial charge in [-0.15, -0.1) is 0 Å². The van der Waals surface area contributed by atoms with Gasteiger partial charge < -0.3 is 9.26 Å². The van der Waals surface area contributed by atoms with Crippen LogP contribution in [-0.2, 0) is 10.2 Å². The molecule has 1 aromatic rings. The quantitative estimate of drug-likeness (QED) is 0.824. The van der Waals surface area contributed by atoms with E-state index in [0.29, 0.717) is 5.89 Å². The minimum atomic E-state index is -0.0763. The minimum absolute atomic E-state index is 0.0763. The number of morpholine rings is 1. The van der Waals surface area contributed by atoms with E-state index in [2.05, 4.69) is 56.6 Å². The van der Waals surface area contributed by atoms with Crippen molar-refractivity contribution in [3.05, 3.63) is 11.7 Å². The lowest BCUT2D eigenvalue weighted by Gasteiger charge is -2.37. The molecule has 0 radical (unpaired) electrons. The van der Waals surface area contributed by atoms with Crippen molar-refractivity contribution in [1.29, 1.82) is 0 Å². The Hall–Kier alpha value is -0.940. The van der Waals surface area contributed by atoms with Gasteiger partial charge in [-0.3, -0.25) is 4.90 Å². The van der Waals surface area contributed by atoms with E-state index in [1.54, 1.807) is 0 Å². The molecular formula is C14H25N3O2. The second-order valence-corrected chi connectivity index (χ2v) is 6.59. The first-order chi connectivity index (χ1) is 8.77. The second-order valence-electron chi connectivity index (χ2n) is 6.59. The van der Waals surface area contributed by atoms with E-state index in [1.165, 1.54) is 0 Å². The maximum absolute atomic E-state index is 5.75. The zero-order chi connectivity index (χ0) is 14.2. The van der Waals surface area contributed by atoms with Gasteiger partial charge in [-0.1, -0.05) is 25.9 Å². The van der Waals surface area contributed by atoms with E-state index in [9.17, 15) is 0 Å². The molecule has 3 atom stereocenters. The number of rotatable bonds is 2. The summed E-state index contributed by atoms with van der Waals surface area (Å²) >= 11 is 0. The first-order valence-electron chi connectivity index (χ1n) is 7.01. The fraction of sp³-hybridized carbons (Fsp3) is 0.857. The SMILES string of the molecule is C[C@@H]1CN([C@@H](C)c2nc(C(C)(C)C)no2)C[C@@H](C)O1. The highest BCUT2D eigenvalue weighted by Crippen LogP contribution is 2.26. The van der Waals surface area contributed by atoms with Gasteiger partial charge in [-0.2, -0.15) is 4.98 Å². The first kappa shape index (κ1) is 14.5. The molecule has 2 rings (SSSR count). The van der Waals surface area contributed by atoms with Gasteiger partial charge >= 0.3 is 0 Å². The van der Waals surface area contributed by atoms with Crippen molar-refractivity contribution in [3.63, 3.8) is 0 Å². The molecule has 0 bridgehead atoms. The fourth-order valence-corrected chi connectivity index (χ4v) is 2.40. The molecule has 0 aliphatic carbocycles. The van der Waals surface area contributed by atoms with Crippen LogP contribution < -0.4 is 0 Å². The molecule has 2 heterocycles. The van der Waals surface area contributed by atoms with Crippen LogP contribution in [0.4, 0.5) is 0 Å². The molecular weight excluding hydrogens is 242 g/mol. The normalized spacial score (nSPS) is 27.5. The average Bonchev–Trinajstić information content (AvgIpc) is 2.75. The molecule has 0 amide bonds. The molecule has 0 unspecified atom stereocenters. The summed E-state index contributed by atoms with van der Waals surface area (Å²) in [4.78, 5) is 6.89. The zero-order valence-electron chi connectivity index (χ0n) is 12.8. The molecule has 0 saturated carbocycles. The minimum Gasteiger partial charge on any atom is -0.373 e. The third kappa shape index (κ3) is 3.34. The summed E-state index contributed by atoms with van der Waals surface area (Å²) in [5, 5.41) is 4.10. The van der Waals surface area contributed by atoms with Crippen LogP contribution in [0.15, 0.2) is 4.52 Å². The Kier molecular flexibility index (Phi) is 3.97. The second kappa shape index (κ2) is 5.21. The Morgan fingerprint density at radius 3 is 2.26 bits per heavy atom. The Morgan fingerprint density at radius 2 is 1.79 bits per heavy atom. The number of hydrogen-bond acceptors (Lipinski definition) is 5. The first-order valence-corrected chi connectivity index (χ1v) is 7.01. The predicted molar refractivity (Wildman–Crippen MR) is 73.0 cm³/mol. The lowest BCUT2D eigenvalue weighted by atomic mass is 9.96. The van der Waals surface area contributed by atoms with Gasteiger partial charge in [-0.05, 0) is 20.8 Å². The van der Waals surface area contributed by atoms with Gasteiger partial charge in [0.2, 0.25) is 5.89 Å². The highest BCUT2D eigenvalue weighted by Gasteiger charge is 2.30. The zero-order valence-corrected chi connectivity index (χ0v) is 12.8. The van der Waals surface area contributed by atoms with Crippen molar-refractivity contribution in [3.8, 4) is 0 Å². The maximum Gasteiger partial charge on any atom is 0.243 e. The van der Waals surface area contributed by atoms with E-state index in [-0.39, 0.29) is 23.7 Å². The third-order valence-electron chi connectivity index (χ3n) is 3.47. The number of ether oxygens (including phenoxy) is 1. The molecule has 1 saturated heterocycles. The van der Waals surface area contributed by atoms with Crippen LogP contribution in [0.3, 0.4) is 0 Å². The van der Waals surface area contributed by atoms with Crippen LogP contribution >= 0.6 is 0 Å².